The van der Waals surface area contributed by atoms with Gasteiger partial charge in [-0.1, -0.05) is 17.7 Å². The van der Waals surface area contributed by atoms with Crippen LogP contribution in [-0.4, -0.2) is 52.6 Å². The van der Waals surface area contributed by atoms with Crippen molar-refractivity contribution < 1.29 is 14.3 Å². The van der Waals surface area contributed by atoms with Gasteiger partial charge in [0.2, 0.25) is 0 Å². The van der Waals surface area contributed by atoms with Gasteiger partial charge in [-0.15, -0.1) is 0 Å². The van der Waals surface area contributed by atoms with Gasteiger partial charge in [0.1, 0.15) is 5.69 Å². The number of benzene rings is 1. The molecule has 2 aromatic rings. The first kappa shape index (κ1) is 18.0. The molecular formula is C19H21ClN4O3. The first-order valence-corrected chi connectivity index (χ1v) is 9.54. The number of amides is 2. The molecule has 3 heterocycles. The maximum absolute atomic E-state index is 13.0. The van der Waals surface area contributed by atoms with Gasteiger partial charge in [0.15, 0.2) is 5.82 Å². The van der Waals surface area contributed by atoms with Crippen LogP contribution < -0.4 is 5.32 Å². The predicted molar refractivity (Wildman–Crippen MR) is 101 cm³/mol. The minimum Gasteiger partial charge on any atom is -0.378 e. The van der Waals surface area contributed by atoms with Crippen LogP contribution in [0.25, 0.3) is 0 Å². The first-order chi connectivity index (χ1) is 13.1. The third-order valence-corrected chi connectivity index (χ3v) is 5.14. The van der Waals surface area contributed by atoms with Crippen molar-refractivity contribution in [3.8, 4) is 0 Å². The number of anilines is 1. The van der Waals surface area contributed by atoms with E-state index in [-0.39, 0.29) is 17.6 Å². The number of aromatic nitrogens is 2. The van der Waals surface area contributed by atoms with Crippen LogP contribution in [0.2, 0.25) is 5.02 Å². The van der Waals surface area contributed by atoms with E-state index in [0.29, 0.717) is 49.3 Å². The Labute approximate surface area is 162 Å². The fourth-order valence-electron chi connectivity index (χ4n) is 3.56. The van der Waals surface area contributed by atoms with Crippen LogP contribution in [0.3, 0.4) is 0 Å². The lowest BCUT2D eigenvalue weighted by Gasteiger charge is -2.26. The van der Waals surface area contributed by atoms with Crippen LogP contribution in [0.5, 0.6) is 0 Å². The van der Waals surface area contributed by atoms with Crippen molar-refractivity contribution in [1.29, 1.82) is 0 Å². The number of imidazole rings is 1. The Morgan fingerprint density at radius 1 is 1.15 bits per heavy atom. The van der Waals surface area contributed by atoms with E-state index in [2.05, 4.69) is 10.3 Å². The molecule has 1 aromatic heterocycles. The Hall–Kier alpha value is -2.38. The monoisotopic (exact) mass is 388 g/mol. The molecule has 1 aromatic carbocycles. The number of halogens is 1. The van der Waals surface area contributed by atoms with Crippen molar-refractivity contribution in [2.45, 2.75) is 25.8 Å². The highest BCUT2D eigenvalue weighted by atomic mass is 35.5. The highest BCUT2D eigenvalue weighted by Gasteiger charge is 2.30. The van der Waals surface area contributed by atoms with Crippen molar-refractivity contribution in [2.24, 2.45) is 0 Å². The topological polar surface area (TPSA) is 76.5 Å². The van der Waals surface area contributed by atoms with E-state index in [1.807, 2.05) is 4.57 Å². The van der Waals surface area contributed by atoms with Crippen molar-refractivity contribution in [2.75, 3.05) is 31.6 Å². The van der Waals surface area contributed by atoms with Gasteiger partial charge in [-0.2, -0.15) is 0 Å². The van der Waals surface area contributed by atoms with Crippen LogP contribution >= 0.6 is 11.6 Å². The molecule has 1 fully saturated rings. The Bertz CT molecular complexity index is 874. The van der Waals surface area contributed by atoms with Crippen LogP contribution in [-0.2, 0) is 17.7 Å². The van der Waals surface area contributed by atoms with Crippen molar-refractivity contribution >= 4 is 29.1 Å². The first-order valence-electron chi connectivity index (χ1n) is 9.17. The third-order valence-electron chi connectivity index (χ3n) is 4.90. The fourth-order valence-corrected chi connectivity index (χ4v) is 3.75. The van der Waals surface area contributed by atoms with E-state index in [0.717, 1.165) is 25.0 Å². The van der Waals surface area contributed by atoms with Gasteiger partial charge in [-0.05, 0) is 37.5 Å². The van der Waals surface area contributed by atoms with E-state index < -0.39 is 0 Å². The summed E-state index contributed by atoms with van der Waals surface area (Å²) < 4.78 is 7.21. The molecule has 0 bridgehead atoms. The summed E-state index contributed by atoms with van der Waals surface area (Å²) in [5, 5.41) is 3.37. The van der Waals surface area contributed by atoms with Gasteiger partial charge in [0, 0.05) is 30.3 Å². The quantitative estimate of drug-likeness (QED) is 0.876. The number of fused-ring (bicyclic) bond motifs is 1. The zero-order valence-corrected chi connectivity index (χ0v) is 15.7. The van der Waals surface area contributed by atoms with Gasteiger partial charge in [0.25, 0.3) is 11.8 Å². The molecule has 2 aliphatic rings. The summed E-state index contributed by atoms with van der Waals surface area (Å²) in [6.45, 7) is 2.86. The van der Waals surface area contributed by atoms with E-state index >= 15 is 0 Å². The van der Waals surface area contributed by atoms with Crippen LogP contribution in [0, 0.1) is 0 Å². The summed E-state index contributed by atoms with van der Waals surface area (Å²) in [5.41, 5.74) is 1.85. The Balaban J connectivity index is 1.63. The number of hydrogen-bond donors (Lipinski definition) is 1. The molecular weight excluding hydrogens is 368 g/mol. The number of morpholine rings is 1. The second-order valence-corrected chi connectivity index (χ2v) is 7.14. The third kappa shape index (κ3) is 3.70. The average molecular weight is 389 g/mol. The molecule has 1 N–H and O–H groups in total. The van der Waals surface area contributed by atoms with Crippen LogP contribution in [0.15, 0.2) is 24.3 Å². The Morgan fingerprint density at radius 3 is 2.74 bits per heavy atom. The molecule has 8 heteroatoms. The fraction of sp³-hybridized carbons (Fsp3) is 0.421. The molecule has 0 aliphatic carbocycles. The molecule has 0 saturated carbocycles. The van der Waals surface area contributed by atoms with Crippen molar-refractivity contribution in [3.63, 3.8) is 0 Å². The number of hydrogen-bond acceptors (Lipinski definition) is 4. The summed E-state index contributed by atoms with van der Waals surface area (Å²) in [6, 6.07) is 6.96. The zero-order valence-electron chi connectivity index (χ0n) is 14.9. The smallest absolute Gasteiger partial charge is 0.291 e. The standard InChI is InChI=1S/C19H21ClN4O3/c20-13-4-3-5-14(12-13)21-18(25)17-22-16(15-6-1-2-7-24(15)17)19(26)23-8-10-27-11-9-23/h3-5,12H,1-2,6-11H2,(H,21,25). The molecule has 2 aliphatic heterocycles. The summed E-state index contributed by atoms with van der Waals surface area (Å²) >= 11 is 5.99. The minimum absolute atomic E-state index is 0.120. The number of ether oxygens (including phenoxy) is 1. The van der Waals surface area contributed by atoms with Gasteiger partial charge < -0.3 is 19.5 Å². The van der Waals surface area contributed by atoms with Gasteiger partial charge in [-0.3, -0.25) is 9.59 Å². The summed E-state index contributed by atoms with van der Waals surface area (Å²) in [4.78, 5) is 32.0. The van der Waals surface area contributed by atoms with E-state index in [4.69, 9.17) is 16.3 Å². The molecule has 142 valence electrons. The zero-order chi connectivity index (χ0) is 18.8. The molecule has 7 nitrogen and oxygen atoms in total. The number of carbonyl (C=O) groups excluding carboxylic acids is 2. The maximum atomic E-state index is 13.0. The molecule has 0 radical (unpaired) electrons. The summed E-state index contributed by atoms with van der Waals surface area (Å²) in [7, 11) is 0. The predicted octanol–water partition coefficient (Wildman–Crippen LogP) is 2.60. The van der Waals surface area contributed by atoms with Crippen LogP contribution in [0.1, 0.15) is 39.6 Å². The van der Waals surface area contributed by atoms with Gasteiger partial charge in [0.05, 0.1) is 18.9 Å². The summed E-state index contributed by atoms with van der Waals surface area (Å²) in [5.74, 6) is -0.173. The lowest BCUT2D eigenvalue weighted by atomic mass is 10.1. The van der Waals surface area contributed by atoms with E-state index in [1.165, 1.54) is 0 Å². The molecule has 1 saturated heterocycles. The molecule has 27 heavy (non-hydrogen) atoms. The SMILES string of the molecule is O=C(Nc1cccc(Cl)c1)c1nc(C(=O)N2CCOCC2)c2n1CCCC2. The number of nitrogens with one attached hydrogen (secondary N) is 1. The molecule has 0 atom stereocenters. The Kier molecular flexibility index (Phi) is 5.13. The molecule has 0 spiro atoms. The lowest BCUT2D eigenvalue weighted by Crippen LogP contribution is -2.41. The minimum atomic E-state index is -0.332. The lowest BCUT2D eigenvalue weighted by molar-refractivity contribution is 0.0298. The second-order valence-electron chi connectivity index (χ2n) is 6.71. The molecule has 0 unspecified atom stereocenters. The second kappa shape index (κ2) is 7.70. The van der Waals surface area contributed by atoms with Crippen LogP contribution in [0.4, 0.5) is 5.69 Å². The number of rotatable bonds is 3. The molecule has 2 amide bonds. The maximum Gasteiger partial charge on any atom is 0.291 e. The highest BCUT2D eigenvalue weighted by molar-refractivity contribution is 6.30. The van der Waals surface area contributed by atoms with E-state index in [9.17, 15) is 9.59 Å². The number of carbonyl (C=O) groups is 2. The van der Waals surface area contributed by atoms with Crippen molar-refractivity contribution in [3.05, 3.63) is 46.5 Å². The van der Waals surface area contributed by atoms with Gasteiger partial charge in [-0.25, -0.2) is 4.98 Å². The van der Waals surface area contributed by atoms with Crippen molar-refractivity contribution in [1.82, 2.24) is 14.5 Å². The Morgan fingerprint density at radius 2 is 1.96 bits per heavy atom. The largest absolute Gasteiger partial charge is 0.378 e. The molecule has 4 rings (SSSR count). The summed E-state index contributed by atoms with van der Waals surface area (Å²) in [6.07, 6.45) is 2.71. The average Bonchev–Trinajstić information content (AvgIpc) is 3.08. The number of nitrogens with zero attached hydrogens (tertiary/aromatic N) is 3. The van der Waals surface area contributed by atoms with Gasteiger partial charge >= 0.3 is 0 Å². The van der Waals surface area contributed by atoms with E-state index in [1.54, 1.807) is 29.2 Å². The normalized spacial score (nSPS) is 16.7. The highest BCUT2D eigenvalue weighted by Crippen LogP contribution is 2.24.